The van der Waals surface area contributed by atoms with Gasteiger partial charge < -0.3 is 10.5 Å². The summed E-state index contributed by atoms with van der Waals surface area (Å²) in [6, 6.07) is 14.9. The number of nitrogens with zero attached hydrogens (tertiary/aromatic N) is 3. The molecule has 0 aliphatic heterocycles. The highest BCUT2D eigenvalue weighted by Gasteiger charge is 2.28. The molecule has 1 unspecified atom stereocenters. The van der Waals surface area contributed by atoms with Crippen molar-refractivity contribution in [1.82, 2.24) is 9.55 Å². The highest BCUT2D eigenvalue weighted by molar-refractivity contribution is 8.00. The van der Waals surface area contributed by atoms with Gasteiger partial charge in [0.2, 0.25) is 5.91 Å². The van der Waals surface area contributed by atoms with Gasteiger partial charge in [-0.2, -0.15) is 0 Å². The fourth-order valence-corrected chi connectivity index (χ4v) is 4.33. The quantitative estimate of drug-likeness (QED) is 0.245. The molecule has 0 aliphatic rings. The minimum absolute atomic E-state index is 0.0423. The van der Waals surface area contributed by atoms with Gasteiger partial charge in [-0.15, -0.1) is 11.8 Å². The second kappa shape index (κ2) is 11.5. The molecule has 3 aromatic rings. The molecule has 0 bridgehead atoms. The number of anilines is 2. The summed E-state index contributed by atoms with van der Waals surface area (Å²) in [4.78, 5) is 53.4. The first-order chi connectivity index (χ1) is 16.7. The number of hydrogen-bond acceptors (Lipinski definition) is 8. The number of thioether (sulfide) groups is 1. The van der Waals surface area contributed by atoms with E-state index in [0.29, 0.717) is 4.90 Å². The van der Waals surface area contributed by atoms with Crippen LogP contribution in [-0.4, -0.2) is 39.3 Å². The maximum absolute atomic E-state index is 13.6. The lowest BCUT2D eigenvalue weighted by atomic mass is 10.2. The number of nitrogen functional groups attached to an aromatic ring is 1. The Bertz CT molecular complexity index is 1310. The van der Waals surface area contributed by atoms with Gasteiger partial charge in [0.15, 0.2) is 5.69 Å². The number of aromatic amines is 1. The summed E-state index contributed by atoms with van der Waals surface area (Å²) in [6.45, 7) is 1.97. The fourth-order valence-electron chi connectivity index (χ4n) is 3.40. The number of carbonyl (C=O) groups is 1. The van der Waals surface area contributed by atoms with E-state index in [4.69, 9.17) is 10.5 Å². The first-order valence-electron chi connectivity index (χ1n) is 10.6. The molecule has 0 aliphatic carbocycles. The standard InChI is InChI=1S/C23H25N5O6S/c1-15(35-18-10-8-17(9-11-18)28(32)33)22(30)27(14-16-6-4-3-5-7-16)19-20(24)26(12-13-34-2)23(31)25-21(19)29/h3-11,15H,12-14,24H2,1-2H3,(H,25,29,31). The monoisotopic (exact) mass is 499 g/mol. The molecule has 1 atom stereocenters. The average Bonchev–Trinajstić information content (AvgIpc) is 2.83. The highest BCUT2D eigenvalue weighted by Crippen LogP contribution is 2.29. The minimum Gasteiger partial charge on any atom is -0.383 e. The van der Waals surface area contributed by atoms with Crippen LogP contribution in [0.3, 0.4) is 0 Å². The number of hydrogen-bond donors (Lipinski definition) is 2. The Morgan fingerprint density at radius 1 is 1.20 bits per heavy atom. The molecule has 12 heteroatoms. The van der Waals surface area contributed by atoms with Crippen LogP contribution in [-0.2, 0) is 22.6 Å². The number of carbonyl (C=O) groups excluding carboxylic acids is 1. The lowest BCUT2D eigenvalue weighted by Gasteiger charge is -2.27. The predicted molar refractivity (Wildman–Crippen MR) is 134 cm³/mol. The zero-order valence-corrected chi connectivity index (χ0v) is 20.0. The Labute approximate surface area is 204 Å². The summed E-state index contributed by atoms with van der Waals surface area (Å²) in [6.07, 6.45) is 0. The van der Waals surface area contributed by atoms with Crippen molar-refractivity contribution in [2.24, 2.45) is 0 Å². The number of nitrogens with one attached hydrogen (secondary N) is 1. The Morgan fingerprint density at radius 3 is 2.46 bits per heavy atom. The smallest absolute Gasteiger partial charge is 0.330 e. The average molecular weight is 500 g/mol. The maximum Gasteiger partial charge on any atom is 0.330 e. The fraction of sp³-hybridized carbons (Fsp3) is 0.261. The van der Waals surface area contributed by atoms with Gasteiger partial charge in [-0.25, -0.2) is 4.79 Å². The third-order valence-electron chi connectivity index (χ3n) is 5.16. The molecular weight excluding hydrogens is 474 g/mol. The van der Waals surface area contributed by atoms with Crippen LogP contribution >= 0.6 is 11.8 Å². The summed E-state index contributed by atoms with van der Waals surface area (Å²) < 4.78 is 6.18. The number of aromatic nitrogens is 2. The lowest BCUT2D eigenvalue weighted by molar-refractivity contribution is -0.384. The molecule has 1 aromatic heterocycles. The number of benzene rings is 2. The molecule has 11 nitrogen and oxygen atoms in total. The lowest BCUT2D eigenvalue weighted by Crippen LogP contribution is -2.43. The first kappa shape index (κ1) is 25.7. The Hall–Kier alpha value is -3.90. The number of nitro groups is 1. The molecule has 3 N–H and O–H groups in total. The Kier molecular flexibility index (Phi) is 8.44. The minimum atomic E-state index is -0.780. The van der Waals surface area contributed by atoms with Gasteiger partial charge in [0.25, 0.3) is 11.2 Å². The molecule has 0 fully saturated rings. The zero-order valence-electron chi connectivity index (χ0n) is 19.2. The van der Waals surface area contributed by atoms with Crippen molar-refractivity contribution in [3.8, 4) is 0 Å². The van der Waals surface area contributed by atoms with E-state index in [9.17, 15) is 24.5 Å². The highest BCUT2D eigenvalue weighted by atomic mass is 32.2. The molecule has 3 rings (SSSR count). The van der Waals surface area contributed by atoms with Crippen molar-refractivity contribution < 1.29 is 14.5 Å². The Morgan fingerprint density at radius 2 is 1.86 bits per heavy atom. The summed E-state index contributed by atoms with van der Waals surface area (Å²) >= 11 is 1.18. The van der Waals surface area contributed by atoms with Crippen molar-refractivity contribution in [2.45, 2.75) is 30.2 Å². The third-order valence-corrected chi connectivity index (χ3v) is 6.26. The normalized spacial score (nSPS) is 11.7. The van der Waals surface area contributed by atoms with E-state index < -0.39 is 27.3 Å². The van der Waals surface area contributed by atoms with Crippen LogP contribution in [0.2, 0.25) is 0 Å². The van der Waals surface area contributed by atoms with Crippen LogP contribution in [0.25, 0.3) is 0 Å². The van der Waals surface area contributed by atoms with E-state index in [1.165, 1.54) is 35.9 Å². The van der Waals surface area contributed by atoms with E-state index in [1.807, 2.05) is 6.07 Å². The van der Waals surface area contributed by atoms with E-state index in [-0.39, 0.29) is 36.9 Å². The van der Waals surface area contributed by atoms with Crippen molar-refractivity contribution in [3.05, 3.63) is 91.1 Å². The molecule has 0 saturated heterocycles. The SMILES string of the molecule is COCCn1c(N)c(N(Cc2ccccc2)C(=O)C(C)Sc2ccc([N+](=O)[O-])cc2)c(=O)[nH]c1=O. The van der Waals surface area contributed by atoms with Gasteiger partial charge in [0, 0.05) is 24.1 Å². The van der Waals surface area contributed by atoms with Gasteiger partial charge in [-0.05, 0) is 24.6 Å². The number of nitro benzene ring substituents is 1. The van der Waals surface area contributed by atoms with Gasteiger partial charge in [-0.3, -0.25) is 34.2 Å². The molecule has 35 heavy (non-hydrogen) atoms. The number of H-pyrrole nitrogens is 1. The molecule has 0 radical (unpaired) electrons. The van der Waals surface area contributed by atoms with Gasteiger partial charge in [-0.1, -0.05) is 30.3 Å². The number of rotatable bonds is 10. The number of non-ortho nitro benzene ring substituents is 1. The molecule has 184 valence electrons. The maximum atomic E-state index is 13.6. The molecular formula is C23H25N5O6S. The number of ether oxygens (including phenoxy) is 1. The van der Waals surface area contributed by atoms with Gasteiger partial charge in [0.1, 0.15) is 5.82 Å². The predicted octanol–water partition coefficient (Wildman–Crippen LogP) is 2.39. The topological polar surface area (TPSA) is 154 Å². The molecule has 0 saturated carbocycles. The van der Waals surface area contributed by atoms with Crippen LogP contribution in [0, 0.1) is 10.1 Å². The molecule has 0 spiro atoms. The Balaban J connectivity index is 2.00. The summed E-state index contributed by atoms with van der Waals surface area (Å²) in [5.74, 6) is -0.570. The van der Waals surface area contributed by atoms with E-state index in [2.05, 4.69) is 4.98 Å². The largest absolute Gasteiger partial charge is 0.383 e. The van der Waals surface area contributed by atoms with Crippen molar-refractivity contribution in [3.63, 3.8) is 0 Å². The second-order valence-electron chi connectivity index (χ2n) is 7.56. The number of amides is 1. The van der Waals surface area contributed by atoms with Crippen LogP contribution < -0.4 is 21.9 Å². The molecule has 2 aromatic carbocycles. The summed E-state index contributed by atoms with van der Waals surface area (Å²) in [7, 11) is 1.47. The first-order valence-corrected chi connectivity index (χ1v) is 11.5. The van der Waals surface area contributed by atoms with Crippen LogP contribution in [0.4, 0.5) is 17.2 Å². The van der Waals surface area contributed by atoms with E-state index >= 15 is 0 Å². The van der Waals surface area contributed by atoms with E-state index in [1.54, 1.807) is 43.3 Å². The van der Waals surface area contributed by atoms with Crippen LogP contribution in [0.15, 0.2) is 69.1 Å². The number of methoxy groups -OCH3 is 1. The van der Waals surface area contributed by atoms with Crippen molar-refractivity contribution >= 4 is 34.9 Å². The molecule has 1 amide bonds. The van der Waals surface area contributed by atoms with Gasteiger partial charge in [0.05, 0.1) is 29.9 Å². The summed E-state index contributed by atoms with van der Waals surface area (Å²) in [5.41, 5.74) is 5.32. The number of nitrogens with two attached hydrogens (primary N) is 1. The molecule has 1 heterocycles. The summed E-state index contributed by atoms with van der Waals surface area (Å²) in [5, 5.41) is 10.2. The zero-order chi connectivity index (χ0) is 25.5. The van der Waals surface area contributed by atoms with Crippen LogP contribution in [0.5, 0.6) is 0 Å². The van der Waals surface area contributed by atoms with Crippen LogP contribution in [0.1, 0.15) is 12.5 Å². The van der Waals surface area contributed by atoms with Crippen molar-refractivity contribution in [2.75, 3.05) is 24.4 Å². The van der Waals surface area contributed by atoms with E-state index in [0.717, 1.165) is 10.1 Å². The van der Waals surface area contributed by atoms with Crippen molar-refractivity contribution in [1.29, 1.82) is 0 Å². The van der Waals surface area contributed by atoms with Gasteiger partial charge >= 0.3 is 5.69 Å². The third kappa shape index (κ3) is 6.16. The second-order valence-corrected chi connectivity index (χ2v) is 8.97.